The minimum Gasteiger partial charge on any atom is -0.492 e. The molecule has 0 radical (unpaired) electrons. The van der Waals surface area contributed by atoms with E-state index in [1.54, 1.807) is 25.2 Å². The highest BCUT2D eigenvalue weighted by atomic mass is 35.5. The van der Waals surface area contributed by atoms with E-state index in [-0.39, 0.29) is 40.6 Å². The fourth-order valence-electron chi connectivity index (χ4n) is 3.47. The average Bonchev–Trinajstić information content (AvgIpc) is 2.75. The van der Waals surface area contributed by atoms with Crippen LogP contribution in [-0.4, -0.2) is 45.4 Å². The summed E-state index contributed by atoms with van der Waals surface area (Å²) in [6.07, 6.45) is 0.822. The Labute approximate surface area is 181 Å². The van der Waals surface area contributed by atoms with Gasteiger partial charge in [-0.3, -0.25) is 4.79 Å². The number of amides is 1. The van der Waals surface area contributed by atoms with Gasteiger partial charge in [0.15, 0.2) is 0 Å². The zero-order valence-electron chi connectivity index (χ0n) is 16.8. The van der Waals surface area contributed by atoms with Crippen molar-refractivity contribution >= 4 is 33.2 Å². The molecular weight excluding hydrogens is 431 g/mol. The van der Waals surface area contributed by atoms with Crippen molar-refractivity contribution in [1.82, 2.24) is 4.31 Å². The molecule has 0 spiro atoms. The van der Waals surface area contributed by atoms with Gasteiger partial charge < -0.3 is 9.64 Å². The topological polar surface area (TPSA) is 66.9 Å². The smallest absolute Gasteiger partial charge is 0.243 e. The number of piperidine rings is 1. The summed E-state index contributed by atoms with van der Waals surface area (Å²) in [4.78, 5) is 14.4. The Morgan fingerprint density at radius 1 is 1.20 bits per heavy atom. The number of carbonyl (C=O) groups excluding carboxylic acids is 1. The Morgan fingerprint density at radius 3 is 2.40 bits per heavy atom. The van der Waals surface area contributed by atoms with Gasteiger partial charge in [0.25, 0.3) is 0 Å². The first-order valence-corrected chi connectivity index (χ1v) is 11.5. The van der Waals surface area contributed by atoms with Gasteiger partial charge in [0, 0.05) is 31.7 Å². The van der Waals surface area contributed by atoms with Crippen molar-refractivity contribution in [3.63, 3.8) is 0 Å². The van der Waals surface area contributed by atoms with Crippen LogP contribution in [-0.2, 0) is 14.8 Å². The van der Waals surface area contributed by atoms with E-state index in [2.05, 4.69) is 0 Å². The van der Waals surface area contributed by atoms with Crippen molar-refractivity contribution in [2.24, 2.45) is 5.92 Å². The molecule has 0 N–H and O–H groups in total. The number of rotatable bonds is 6. The quantitative estimate of drug-likeness (QED) is 0.663. The summed E-state index contributed by atoms with van der Waals surface area (Å²) in [5, 5.41) is 0.240. The van der Waals surface area contributed by atoms with Crippen molar-refractivity contribution in [1.29, 1.82) is 0 Å². The van der Waals surface area contributed by atoms with Crippen molar-refractivity contribution in [2.45, 2.75) is 24.7 Å². The van der Waals surface area contributed by atoms with Crippen LogP contribution in [0.3, 0.4) is 0 Å². The summed E-state index contributed by atoms with van der Waals surface area (Å²) in [5.41, 5.74) is 0.598. The van der Waals surface area contributed by atoms with Crippen LogP contribution in [0.2, 0.25) is 5.02 Å². The highest BCUT2D eigenvalue weighted by Gasteiger charge is 2.33. The van der Waals surface area contributed by atoms with E-state index in [0.29, 0.717) is 30.9 Å². The molecule has 6 nitrogen and oxygen atoms in total. The summed E-state index contributed by atoms with van der Waals surface area (Å²) in [6.45, 7) is 2.72. The van der Waals surface area contributed by atoms with E-state index in [0.717, 1.165) is 0 Å². The monoisotopic (exact) mass is 454 g/mol. The van der Waals surface area contributed by atoms with E-state index >= 15 is 0 Å². The number of ether oxygens (including phenoxy) is 1. The lowest BCUT2D eigenvalue weighted by molar-refractivity contribution is -0.123. The van der Waals surface area contributed by atoms with Crippen LogP contribution in [0.1, 0.15) is 19.8 Å². The Bertz CT molecular complexity index is 1010. The normalized spacial score (nSPS) is 15.7. The highest BCUT2D eigenvalue weighted by Crippen LogP contribution is 2.31. The first kappa shape index (κ1) is 22.5. The molecule has 3 rings (SSSR count). The first-order chi connectivity index (χ1) is 14.2. The third kappa shape index (κ3) is 4.77. The number of anilines is 1. The minimum atomic E-state index is -3.72. The molecule has 0 bridgehead atoms. The molecular formula is C21H24ClFN2O4S. The molecule has 0 unspecified atom stereocenters. The molecule has 0 aromatic heterocycles. The molecule has 9 heteroatoms. The number of benzene rings is 2. The van der Waals surface area contributed by atoms with Crippen molar-refractivity contribution < 1.29 is 22.3 Å². The zero-order chi connectivity index (χ0) is 21.9. The van der Waals surface area contributed by atoms with Crippen LogP contribution >= 0.6 is 11.6 Å². The second kappa shape index (κ2) is 9.32. The highest BCUT2D eigenvalue weighted by molar-refractivity contribution is 7.89. The second-order valence-corrected chi connectivity index (χ2v) is 9.42. The predicted octanol–water partition coefficient (Wildman–Crippen LogP) is 3.94. The largest absolute Gasteiger partial charge is 0.492 e. The van der Waals surface area contributed by atoms with Gasteiger partial charge >= 0.3 is 0 Å². The number of halogens is 2. The Balaban J connectivity index is 1.66. The summed E-state index contributed by atoms with van der Waals surface area (Å²) < 4.78 is 45.8. The Hall–Kier alpha value is -2.16. The van der Waals surface area contributed by atoms with Crippen molar-refractivity contribution in [2.75, 3.05) is 31.6 Å². The first-order valence-electron chi connectivity index (χ1n) is 9.69. The Kier molecular flexibility index (Phi) is 7.00. The molecule has 1 aliphatic heterocycles. The molecule has 0 atom stereocenters. The summed E-state index contributed by atoms with van der Waals surface area (Å²) in [7, 11) is -2.08. The third-order valence-corrected chi connectivity index (χ3v) is 7.38. The maximum Gasteiger partial charge on any atom is 0.243 e. The molecule has 1 aliphatic rings. The summed E-state index contributed by atoms with van der Waals surface area (Å²) in [6, 6.07) is 10.1. The van der Waals surface area contributed by atoms with E-state index < -0.39 is 10.0 Å². The summed E-state index contributed by atoms with van der Waals surface area (Å²) in [5.74, 6) is -0.336. The fraction of sp³-hybridized carbons (Fsp3) is 0.381. The zero-order valence-corrected chi connectivity index (χ0v) is 18.4. The lowest BCUT2D eigenvalue weighted by Gasteiger charge is -2.32. The second-order valence-electron chi connectivity index (χ2n) is 7.08. The number of hydrogen-bond acceptors (Lipinski definition) is 4. The van der Waals surface area contributed by atoms with Crippen molar-refractivity contribution in [3.05, 3.63) is 53.3 Å². The van der Waals surface area contributed by atoms with Gasteiger partial charge in [-0.25, -0.2) is 12.8 Å². The maximum atomic E-state index is 13.1. The van der Waals surface area contributed by atoms with Gasteiger partial charge in [0.2, 0.25) is 15.9 Å². The standard InChI is InChI=1S/C21H24ClFN2O4S/c1-3-29-20-9-8-18(14-19(20)22)30(27,28)25-12-10-15(11-13-25)21(26)24(2)17-6-4-16(23)5-7-17/h4-9,14-15H,3,10-13H2,1-2H3. The molecule has 1 heterocycles. The molecule has 1 saturated heterocycles. The molecule has 0 saturated carbocycles. The van der Waals surface area contributed by atoms with E-state index in [9.17, 15) is 17.6 Å². The molecule has 30 heavy (non-hydrogen) atoms. The van der Waals surface area contributed by atoms with Crippen LogP contribution in [0.4, 0.5) is 10.1 Å². The SMILES string of the molecule is CCOc1ccc(S(=O)(=O)N2CCC(C(=O)N(C)c3ccc(F)cc3)CC2)cc1Cl. The number of hydrogen-bond donors (Lipinski definition) is 0. The predicted molar refractivity (Wildman–Crippen MR) is 114 cm³/mol. The Morgan fingerprint density at radius 2 is 1.83 bits per heavy atom. The van der Waals surface area contributed by atoms with E-state index in [1.165, 1.54) is 33.5 Å². The maximum absolute atomic E-state index is 13.1. The van der Waals surface area contributed by atoms with Crippen LogP contribution < -0.4 is 9.64 Å². The molecule has 2 aromatic carbocycles. The van der Waals surface area contributed by atoms with Crippen LogP contribution in [0.15, 0.2) is 47.4 Å². The lowest BCUT2D eigenvalue weighted by atomic mass is 9.96. The van der Waals surface area contributed by atoms with Crippen LogP contribution in [0.5, 0.6) is 5.75 Å². The fourth-order valence-corrected chi connectivity index (χ4v) is 5.27. The third-order valence-electron chi connectivity index (χ3n) is 5.19. The van der Waals surface area contributed by atoms with Gasteiger partial charge in [0.1, 0.15) is 11.6 Å². The van der Waals surface area contributed by atoms with Gasteiger partial charge in [-0.15, -0.1) is 0 Å². The minimum absolute atomic E-state index is 0.101. The number of nitrogens with zero attached hydrogens (tertiary/aromatic N) is 2. The van der Waals surface area contributed by atoms with E-state index in [1.807, 2.05) is 6.92 Å². The number of sulfonamides is 1. The van der Waals surface area contributed by atoms with Gasteiger partial charge in [-0.05, 0) is 62.2 Å². The lowest BCUT2D eigenvalue weighted by Crippen LogP contribution is -2.43. The van der Waals surface area contributed by atoms with Gasteiger partial charge in [0.05, 0.1) is 16.5 Å². The van der Waals surface area contributed by atoms with Crippen molar-refractivity contribution in [3.8, 4) is 5.75 Å². The van der Waals surface area contributed by atoms with Gasteiger partial charge in [-0.1, -0.05) is 11.6 Å². The summed E-state index contributed by atoms with van der Waals surface area (Å²) >= 11 is 6.14. The number of carbonyl (C=O) groups is 1. The van der Waals surface area contributed by atoms with Crippen LogP contribution in [0.25, 0.3) is 0 Å². The molecule has 1 fully saturated rings. The molecule has 162 valence electrons. The van der Waals surface area contributed by atoms with E-state index in [4.69, 9.17) is 16.3 Å². The molecule has 1 amide bonds. The molecule has 0 aliphatic carbocycles. The molecule has 2 aromatic rings. The average molecular weight is 455 g/mol. The van der Waals surface area contributed by atoms with Gasteiger partial charge in [-0.2, -0.15) is 4.31 Å². The van der Waals surface area contributed by atoms with Crippen LogP contribution in [0, 0.1) is 11.7 Å².